The lowest BCUT2D eigenvalue weighted by molar-refractivity contribution is -0.139. The van der Waals surface area contributed by atoms with Crippen LogP contribution in [0.4, 0.5) is 0 Å². The molecule has 1 aromatic rings. The zero-order chi connectivity index (χ0) is 12.4. The maximum absolute atomic E-state index is 10.5. The predicted octanol–water partition coefficient (Wildman–Crippen LogP) is 2.55. The van der Waals surface area contributed by atoms with E-state index in [2.05, 4.69) is 11.0 Å². The van der Waals surface area contributed by atoms with Gasteiger partial charge in [0.15, 0.2) is 0 Å². The molecule has 1 saturated heterocycles. The summed E-state index contributed by atoms with van der Waals surface area (Å²) in [6.45, 7) is 4.55. The number of likely N-dealkylation sites (tertiary alicyclic amines) is 1. The topological polar surface area (TPSA) is 40.5 Å². The fraction of sp³-hybridized carbons (Fsp3) is 0.462. The van der Waals surface area contributed by atoms with Gasteiger partial charge in [-0.15, -0.1) is 0 Å². The highest BCUT2D eigenvalue weighted by Gasteiger charge is 2.28. The number of benzene rings is 1. The Bertz CT molecular complexity index is 427. The second kappa shape index (κ2) is 5.07. The first-order chi connectivity index (χ1) is 8.04. The summed E-state index contributed by atoms with van der Waals surface area (Å²) in [6, 6.07) is 6.06. The summed E-state index contributed by atoms with van der Waals surface area (Å²) >= 11 is 6.15. The van der Waals surface area contributed by atoms with Crippen LogP contribution >= 0.6 is 11.6 Å². The fourth-order valence-corrected chi connectivity index (χ4v) is 2.50. The predicted molar refractivity (Wildman–Crippen MR) is 67.2 cm³/mol. The van der Waals surface area contributed by atoms with Crippen LogP contribution in [0.1, 0.15) is 17.5 Å². The first-order valence-electron chi connectivity index (χ1n) is 5.74. The molecule has 0 aliphatic carbocycles. The van der Waals surface area contributed by atoms with Crippen molar-refractivity contribution < 1.29 is 9.90 Å². The molecular formula is C13H16ClNO2. The van der Waals surface area contributed by atoms with Crippen molar-refractivity contribution >= 4 is 17.6 Å². The van der Waals surface area contributed by atoms with Gasteiger partial charge in [-0.1, -0.05) is 23.7 Å². The molecule has 4 heteroatoms. The van der Waals surface area contributed by atoms with Gasteiger partial charge in [-0.3, -0.25) is 9.69 Å². The average molecular weight is 254 g/mol. The van der Waals surface area contributed by atoms with Crippen molar-refractivity contribution in [1.29, 1.82) is 0 Å². The lowest BCUT2D eigenvalue weighted by Gasteiger charge is -2.38. The van der Waals surface area contributed by atoms with Crippen LogP contribution in [-0.2, 0) is 11.3 Å². The van der Waals surface area contributed by atoms with Gasteiger partial charge in [-0.25, -0.2) is 0 Å². The van der Waals surface area contributed by atoms with Gasteiger partial charge in [0.05, 0.1) is 6.42 Å². The maximum atomic E-state index is 10.5. The highest BCUT2D eigenvalue weighted by molar-refractivity contribution is 6.31. The number of carboxylic acid groups (broad SMARTS) is 1. The number of carboxylic acids is 1. The molecule has 1 fully saturated rings. The summed E-state index contributed by atoms with van der Waals surface area (Å²) in [5, 5.41) is 9.46. The summed E-state index contributed by atoms with van der Waals surface area (Å²) in [6.07, 6.45) is 0.276. The zero-order valence-electron chi connectivity index (χ0n) is 9.82. The monoisotopic (exact) mass is 253 g/mol. The Morgan fingerprint density at radius 3 is 2.82 bits per heavy atom. The third-order valence-corrected chi connectivity index (χ3v) is 3.45. The average Bonchev–Trinajstić information content (AvgIpc) is 2.17. The number of rotatable bonds is 4. The van der Waals surface area contributed by atoms with E-state index in [0.29, 0.717) is 5.92 Å². The van der Waals surface area contributed by atoms with Crippen molar-refractivity contribution in [2.24, 2.45) is 5.92 Å². The largest absolute Gasteiger partial charge is 0.481 e. The van der Waals surface area contributed by atoms with E-state index in [0.717, 1.165) is 35.8 Å². The number of carbonyl (C=O) groups is 1. The maximum Gasteiger partial charge on any atom is 0.303 e. The van der Waals surface area contributed by atoms with Crippen LogP contribution in [0.3, 0.4) is 0 Å². The third-order valence-electron chi connectivity index (χ3n) is 3.10. The minimum Gasteiger partial charge on any atom is -0.481 e. The molecule has 0 bridgehead atoms. The molecule has 2 rings (SSSR count). The van der Waals surface area contributed by atoms with E-state index in [-0.39, 0.29) is 6.42 Å². The van der Waals surface area contributed by atoms with Crippen LogP contribution in [0.5, 0.6) is 0 Å². The van der Waals surface area contributed by atoms with E-state index in [1.165, 1.54) is 0 Å². The van der Waals surface area contributed by atoms with Crippen LogP contribution in [-0.4, -0.2) is 29.1 Å². The van der Waals surface area contributed by atoms with Crippen LogP contribution in [0.25, 0.3) is 0 Å². The van der Waals surface area contributed by atoms with Crippen molar-refractivity contribution in [3.63, 3.8) is 0 Å². The molecule has 92 valence electrons. The normalized spacial score (nSPS) is 16.8. The molecule has 0 unspecified atom stereocenters. The van der Waals surface area contributed by atoms with E-state index in [1.807, 2.05) is 19.1 Å². The number of aryl methyl sites for hydroxylation is 1. The van der Waals surface area contributed by atoms with Crippen LogP contribution in [0.15, 0.2) is 18.2 Å². The molecular weight excluding hydrogens is 238 g/mol. The van der Waals surface area contributed by atoms with Crippen molar-refractivity contribution in [3.05, 3.63) is 34.3 Å². The molecule has 1 aliphatic rings. The van der Waals surface area contributed by atoms with Gasteiger partial charge in [0.2, 0.25) is 0 Å². The molecule has 1 heterocycles. The lowest BCUT2D eigenvalue weighted by Crippen LogP contribution is -2.46. The number of nitrogens with zero attached hydrogens (tertiary/aromatic N) is 1. The SMILES string of the molecule is Cc1ccc(CN2CC(CC(=O)O)C2)c(Cl)c1. The van der Waals surface area contributed by atoms with Crippen molar-refractivity contribution in [2.45, 2.75) is 19.9 Å². The Hall–Kier alpha value is -1.06. The minimum atomic E-state index is -0.706. The second-order valence-electron chi connectivity index (χ2n) is 4.75. The standard InChI is InChI=1S/C13H16ClNO2/c1-9-2-3-11(12(14)4-9)8-15-6-10(7-15)5-13(16)17/h2-4,10H,5-8H2,1H3,(H,16,17). The van der Waals surface area contributed by atoms with Crippen molar-refractivity contribution in [1.82, 2.24) is 4.90 Å². The van der Waals surface area contributed by atoms with Gasteiger partial charge in [0.1, 0.15) is 0 Å². The molecule has 1 aromatic carbocycles. The number of halogens is 1. The molecule has 0 amide bonds. The summed E-state index contributed by atoms with van der Waals surface area (Å²) < 4.78 is 0. The van der Waals surface area contributed by atoms with E-state index in [1.54, 1.807) is 0 Å². The van der Waals surface area contributed by atoms with Gasteiger partial charge >= 0.3 is 5.97 Å². The Kier molecular flexibility index (Phi) is 3.69. The molecule has 3 nitrogen and oxygen atoms in total. The summed E-state index contributed by atoms with van der Waals surface area (Å²) in [5.74, 6) is -0.403. The Morgan fingerprint density at radius 1 is 1.53 bits per heavy atom. The summed E-state index contributed by atoms with van der Waals surface area (Å²) in [5.41, 5.74) is 2.28. The number of aliphatic carboxylic acids is 1. The molecule has 0 atom stereocenters. The first-order valence-corrected chi connectivity index (χ1v) is 6.11. The van der Waals surface area contributed by atoms with Crippen molar-refractivity contribution in [2.75, 3.05) is 13.1 Å². The van der Waals surface area contributed by atoms with Crippen LogP contribution in [0, 0.1) is 12.8 Å². The summed E-state index contributed by atoms with van der Waals surface area (Å²) in [7, 11) is 0. The molecule has 17 heavy (non-hydrogen) atoms. The summed E-state index contributed by atoms with van der Waals surface area (Å²) in [4.78, 5) is 12.7. The number of hydrogen-bond acceptors (Lipinski definition) is 2. The van der Waals surface area contributed by atoms with Gasteiger partial charge < -0.3 is 5.11 Å². The van der Waals surface area contributed by atoms with E-state index >= 15 is 0 Å². The smallest absolute Gasteiger partial charge is 0.303 e. The van der Waals surface area contributed by atoms with E-state index in [9.17, 15) is 4.79 Å². The molecule has 0 spiro atoms. The third kappa shape index (κ3) is 3.20. The first kappa shape index (κ1) is 12.4. The van der Waals surface area contributed by atoms with E-state index in [4.69, 9.17) is 16.7 Å². The minimum absolute atomic E-state index is 0.276. The van der Waals surface area contributed by atoms with Crippen LogP contribution < -0.4 is 0 Å². The van der Waals surface area contributed by atoms with Gasteiger partial charge in [-0.2, -0.15) is 0 Å². The molecule has 0 saturated carbocycles. The molecule has 0 radical (unpaired) electrons. The Labute approximate surface area is 106 Å². The Morgan fingerprint density at radius 2 is 2.24 bits per heavy atom. The molecule has 1 aliphatic heterocycles. The highest BCUT2D eigenvalue weighted by Crippen LogP contribution is 2.25. The van der Waals surface area contributed by atoms with E-state index < -0.39 is 5.97 Å². The Balaban J connectivity index is 1.85. The van der Waals surface area contributed by atoms with Crippen molar-refractivity contribution in [3.8, 4) is 0 Å². The highest BCUT2D eigenvalue weighted by atomic mass is 35.5. The lowest BCUT2D eigenvalue weighted by atomic mass is 9.95. The van der Waals surface area contributed by atoms with Gasteiger partial charge in [-0.05, 0) is 30.0 Å². The molecule has 1 N–H and O–H groups in total. The second-order valence-corrected chi connectivity index (χ2v) is 5.16. The van der Waals surface area contributed by atoms with Gasteiger partial charge in [0, 0.05) is 24.7 Å². The quantitative estimate of drug-likeness (QED) is 0.897. The van der Waals surface area contributed by atoms with Crippen LogP contribution in [0.2, 0.25) is 5.02 Å². The number of hydrogen-bond donors (Lipinski definition) is 1. The zero-order valence-corrected chi connectivity index (χ0v) is 10.6. The van der Waals surface area contributed by atoms with Gasteiger partial charge in [0.25, 0.3) is 0 Å². The molecule has 0 aromatic heterocycles. The fourth-order valence-electron chi connectivity index (χ4n) is 2.20.